The normalized spacial score (nSPS) is 19.8. The summed E-state index contributed by atoms with van der Waals surface area (Å²) in [5.41, 5.74) is 2.48. The van der Waals surface area contributed by atoms with E-state index in [0.717, 1.165) is 37.6 Å². The lowest BCUT2D eigenvalue weighted by Crippen LogP contribution is -2.12. The third kappa shape index (κ3) is 4.36. The standard InChI is InChI=1S/C30H30O4/c1-2-7-26(29-24-10-5-3-8-20(24)12-14-27(29)33-18-22-16-31-22)30-25-11-6-4-9-21(25)13-15-28(30)34-19-23-17-32-23/h3-6,8-15,22-23,26H,2,7,16-19H2,1H3. The van der Waals surface area contributed by atoms with Gasteiger partial charge in [0.2, 0.25) is 0 Å². The molecule has 4 aromatic rings. The fraction of sp³-hybridized carbons (Fsp3) is 0.333. The lowest BCUT2D eigenvalue weighted by molar-refractivity contribution is 0.257. The van der Waals surface area contributed by atoms with E-state index in [-0.39, 0.29) is 18.1 Å². The van der Waals surface area contributed by atoms with Crippen LogP contribution < -0.4 is 9.47 Å². The molecule has 174 valence electrons. The zero-order valence-corrected chi connectivity index (χ0v) is 19.5. The van der Waals surface area contributed by atoms with Gasteiger partial charge in [-0.1, -0.05) is 74.0 Å². The summed E-state index contributed by atoms with van der Waals surface area (Å²) in [6.07, 6.45) is 2.46. The highest BCUT2D eigenvalue weighted by atomic mass is 16.6. The Morgan fingerprint density at radius 3 is 1.62 bits per heavy atom. The van der Waals surface area contributed by atoms with E-state index in [1.807, 2.05) is 0 Å². The van der Waals surface area contributed by atoms with E-state index in [2.05, 4.69) is 79.7 Å². The highest BCUT2D eigenvalue weighted by Crippen LogP contribution is 2.46. The van der Waals surface area contributed by atoms with Gasteiger partial charge >= 0.3 is 0 Å². The molecule has 0 aromatic heterocycles. The summed E-state index contributed by atoms with van der Waals surface area (Å²) in [4.78, 5) is 0. The second-order valence-corrected chi connectivity index (χ2v) is 9.27. The van der Waals surface area contributed by atoms with Crippen LogP contribution in [-0.2, 0) is 9.47 Å². The molecule has 0 bridgehead atoms. The van der Waals surface area contributed by atoms with Crippen molar-refractivity contribution in [3.63, 3.8) is 0 Å². The van der Waals surface area contributed by atoms with E-state index in [1.54, 1.807) is 0 Å². The molecule has 2 heterocycles. The van der Waals surface area contributed by atoms with Gasteiger partial charge < -0.3 is 18.9 Å². The van der Waals surface area contributed by atoms with E-state index in [4.69, 9.17) is 18.9 Å². The molecule has 34 heavy (non-hydrogen) atoms. The van der Waals surface area contributed by atoms with Gasteiger partial charge in [-0.25, -0.2) is 0 Å². The first-order valence-electron chi connectivity index (χ1n) is 12.3. The second kappa shape index (κ2) is 9.28. The molecule has 0 spiro atoms. The first-order valence-corrected chi connectivity index (χ1v) is 12.3. The maximum absolute atomic E-state index is 6.39. The Balaban J connectivity index is 1.55. The van der Waals surface area contributed by atoms with E-state index in [9.17, 15) is 0 Å². The SMILES string of the molecule is CCCC(c1c(OCC2CO2)ccc2ccccc12)c1c(OCC2CO2)ccc2ccccc12. The van der Waals surface area contributed by atoms with E-state index in [0.29, 0.717) is 13.2 Å². The number of hydrogen-bond donors (Lipinski definition) is 0. The first-order chi connectivity index (χ1) is 16.8. The van der Waals surface area contributed by atoms with Crippen LogP contribution in [0.4, 0.5) is 0 Å². The van der Waals surface area contributed by atoms with E-state index in [1.165, 1.54) is 32.7 Å². The van der Waals surface area contributed by atoms with Gasteiger partial charge in [-0.15, -0.1) is 0 Å². The van der Waals surface area contributed by atoms with Crippen LogP contribution in [0.2, 0.25) is 0 Å². The Morgan fingerprint density at radius 2 is 1.18 bits per heavy atom. The lowest BCUT2D eigenvalue weighted by atomic mass is 9.81. The number of ether oxygens (including phenoxy) is 4. The van der Waals surface area contributed by atoms with Gasteiger partial charge in [-0.3, -0.25) is 0 Å². The molecule has 2 fully saturated rings. The van der Waals surface area contributed by atoms with Crippen molar-refractivity contribution < 1.29 is 18.9 Å². The predicted octanol–water partition coefficient (Wildman–Crippen LogP) is 6.48. The van der Waals surface area contributed by atoms with Crippen molar-refractivity contribution in [2.45, 2.75) is 37.9 Å². The number of benzene rings is 4. The van der Waals surface area contributed by atoms with Crippen LogP contribution >= 0.6 is 0 Å². The highest BCUT2D eigenvalue weighted by Gasteiger charge is 2.29. The Hall–Kier alpha value is -3.08. The average molecular weight is 455 g/mol. The summed E-state index contributed by atoms with van der Waals surface area (Å²) in [5.74, 6) is 2.02. The second-order valence-electron chi connectivity index (χ2n) is 9.27. The third-order valence-corrected chi connectivity index (χ3v) is 6.79. The van der Waals surface area contributed by atoms with Crippen molar-refractivity contribution in [2.75, 3.05) is 26.4 Å². The van der Waals surface area contributed by atoms with Crippen LogP contribution in [0.25, 0.3) is 21.5 Å². The van der Waals surface area contributed by atoms with Gasteiger partial charge in [0.05, 0.1) is 13.2 Å². The molecule has 0 saturated carbocycles. The van der Waals surface area contributed by atoms with Crippen molar-refractivity contribution in [2.24, 2.45) is 0 Å². The van der Waals surface area contributed by atoms with Crippen molar-refractivity contribution in [1.29, 1.82) is 0 Å². The Morgan fingerprint density at radius 1 is 0.706 bits per heavy atom. The summed E-state index contributed by atoms with van der Waals surface area (Å²) < 4.78 is 23.6. The molecule has 2 atom stereocenters. The molecular formula is C30H30O4. The fourth-order valence-electron chi connectivity index (χ4n) is 4.94. The molecule has 0 radical (unpaired) electrons. The molecule has 4 nitrogen and oxygen atoms in total. The molecule has 0 N–H and O–H groups in total. The zero-order chi connectivity index (χ0) is 22.9. The third-order valence-electron chi connectivity index (χ3n) is 6.79. The van der Waals surface area contributed by atoms with Gasteiger partial charge in [-0.2, -0.15) is 0 Å². The van der Waals surface area contributed by atoms with Crippen molar-refractivity contribution in [3.8, 4) is 11.5 Å². The molecule has 4 aromatic carbocycles. The molecule has 2 saturated heterocycles. The number of fused-ring (bicyclic) bond motifs is 2. The van der Waals surface area contributed by atoms with Crippen molar-refractivity contribution in [3.05, 3.63) is 83.9 Å². The molecule has 4 heteroatoms. The van der Waals surface area contributed by atoms with Crippen LogP contribution in [0, 0.1) is 0 Å². The van der Waals surface area contributed by atoms with Crippen LogP contribution in [0.3, 0.4) is 0 Å². The maximum atomic E-state index is 6.39. The number of epoxide rings is 2. The monoisotopic (exact) mass is 454 g/mol. The van der Waals surface area contributed by atoms with Crippen molar-refractivity contribution >= 4 is 21.5 Å². The van der Waals surface area contributed by atoms with Gasteiger partial charge in [0.25, 0.3) is 0 Å². The topological polar surface area (TPSA) is 43.5 Å². The molecule has 0 amide bonds. The average Bonchev–Trinajstić information content (AvgIpc) is 3.80. The van der Waals surface area contributed by atoms with Gasteiger partial charge in [0.15, 0.2) is 0 Å². The Labute approximate surface area is 200 Å². The van der Waals surface area contributed by atoms with Gasteiger partial charge in [0, 0.05) is 17.0 Å². The summed E-state index contributed by atoms with van der Waals surface area (Å²) >= 11 is 0. The minimum atomic E-state index is 0.132. The molecule has 2 aliphatic heterocycles. The maximum Gasteiger partial charge on any atom is 0.123 e. The minimum Gasteiger partial charge on any atom is -0.490 e. The van der Waals surface area contributed by atoms with Crippen LogP contribution in [-0.4, -0.2) is 38.6 Å². The van der Waals surface area contributed by atoms with Gasteiger partial charge in [0.1, 0.15) is 36.9 Å². The molecule has 2 aliphatic rings. The van der Waals surface area contributed by atoms with Crippen LogP contribution in [0.15, 0.2) is 72.8 Å². The summed E-state index contributed by atoms with van der Waals surface area (Å²) in [7, 11) is 0. The quantitative estimate of drug-likeness (QED) is 0.257. The number of rotatable bonds is 10. The highest BCUT2D eigenvalue weighted by molar-refractivity contribution is 5.92. The fourth-order valence-corrected chi connectivity index (χ4v) is 4.94. The molecular weight excluding hydrogens is 424 g/mol. The van der Waals surface area contributed by atoms with Crippen LogP contribution in [0.5, 0.6) is 11.5 Å². The predicted molar refractivity (Wildman–Crippen MR) is 135 cm³/mol. The summed E-state index contributed by atoms with van der Waals surface area (Å²) in [6, 6.07) is 25.8. The van der Waals surface area contributed by atoms with E-state index >= 15 is 0 Å². The summed E-state index contributed by atoms with van der Waals surface area (Å²) in [6.45, 7) is 4.99. The first kappa shape index (κ1) is 21.5. The van der Waals surface area contributed by atoms with Gasteiger partial charge in [-0.05, 0) is 40.1 Å². The Bertz CT molecular complexity index is 1210. The van der Waals surface area contributed by atoms with E-state index < -0.39 is 0 Å². The molecule has 0 aliphatic carbocycles. The van der Waals surface area contributed by atoms with Crippen LogP contribution in [0.1, 0.15) is 36.8 Å². The lowest BCUT2D eigenvalue weighted by Gasteiger charge is -2.26. The summed E-state index contributed by atoms with van der Waals surface area (Å²) in [5, 5.41) is 4.92. The zero-order valence-electron chi connectivity index (χ0n) is 19.5. The molecule has 6 rings (SSSR count). The van der Waals surface area contributed by atoms with Crippen molar-refractivity contribution in [1.82, 2.24) is 0 Å². The largest absolute Gasteiger partial charge is 0.490 e. The smallest absolute Gasteiger partial charge is 0.123 e. The molecule has 2 unspecified atom stereocenters. The minimum absolute atomic E-state index is 0.132. The Kier molecular flexibility index (Phi) is 5.86. The number of hydrogen-bond acceptors (Lipinski definition) is 4.